The molecule has 2 aromatic rings. The second kappa shape index (κ2) is 4.86. The van der Waals surface area contributed by atoms with Crippen molar-refractivity contribution in [1.29, 1.82) is 0 Å². The van der Waals surface area contributed by atoms with E-state index in [4.69, 9.17) is 5.11 Å². The predicted octanol–water partition coefficient (Wildman–Crippen LogP) is 2.45. The van der Waals surface area contributed by atoms with Crippen LogP contribution >= 0.6 is 0 Å². The van der Waals surface area contributed by atoms with E-state index in [1.165, 1.54) is 16.7 Å². The zero-order valence-corrected chi connectivity index (χ0v) is 10.5. The van der Waals surface area contributed by atoms with Gasteiger partial charge in [0.1, 0.15) is 6.04 Å². The smallest absolute Gasteiger partial charge is 0.321 e. The molecule has 2 N–H and O–H groups in total. The largest absolute Gasteiger partial charge is 0.480 e. The van der Waals surface area contributed by atoms with E-state index >= 15 is 0 Å². The summed E-state index contributed by atoms with van der Waals surface area (Å²) in [7, 11) is 0. The summed E-state index contributed by atoms with van der Waals surface area (Å²) in [6, 6.07) is 16.0. The molecule has 19 heavy (non-hydrogen) atoms. The van der Waals surface area contributed by atoms with Crippen molar-refractivity contribution in [1.82, 2.24) is 5.32 Å². The number of carboxylic acids is 1. The van der Waals surface area contributed by atoms with E-state index in [-0.39, 0.29) is 0 Å². The lowest BCUT2D eigenvalue weighted by atomic mass is 9.92. The van der Waals surface area contributed by atoms with Crippen LogP contribution < -0.4 is 5.32 Å². The molecule has 0 aliphatic carbocycles. The fourth-order valence-corrected chi connectivity index (χ4v) is 2.50. The molecule has 0 aromatic heterocycles. The molecule has 1 atom stereocenters. The van der Waals surface area contributed by atoms with E-state index in [2.05, 4.69) is 35.6 Å². The van der Waals surface area contributed by atoms with Gasteiger partial charge in [-0.05, 0) is 34.7 Å². The van der Waals surface area contributed by atoms with E-state index in [9.17, 15) is 4.79 Å². The van der Waals surface area contributed by atoms with Crippen LogP contribution in [0.25, 0.3) is 11.1 Å². The minimum absolute atomic E-state index is 0.463. The van der Waals surface area contributed by atoms with Gasteiger partial charge >= 0.3 is 5.97 Å². The molecule has 3 nitrogen and oxygen atoms in total. The van der Waals surface area contributed by atoms with E-state index < -0.39 is 12.0 Å². The number of fused-ring (bicyclic) bond motifs is 1. The molecular formula is C16H15NO2. The Balaban J connectivity index is 1.92. The number of aliphatic carboxylic acids is 1. The van der Waals surface area contributed by atoms with E-state index in [0.717, 1.165) is 5.56 Å². The van der Waals surface area contributed by atoms with Crippen molar-refractivity contribution >= 4 is 5.97 Å². The van der Waals surface area contributed by atoms with Gasteiger partial charge in [0.2, 0.25) is 0 Å². The normalized spacial score (nSPS) is 17.8. The topological polar surface area (TPSA) is 49.3 Å². The first-order valence-corrected chi connectivity index (χ1v) is 6.37. The minimum atomic E-state index is -0.780. The van der Waals surface area contributed by atoms with Crippen molar-refractivity contribution in [3.8, 4) is 11.1 Å². The monoisotopic (exact) mass is 253 g/mol. The van der Waals surface area contributed by atoms with Gasteiger partial charge in [-0.25, -0.2) is 0 Å². The highest BCUT2D eigenvalue weighted by molar-refractivity contribution is 5.75. The molecule has 0 fully saturated rings. The Hall–Kier alpha value is -2.13. The second-order valence-corrected chi connectivity index (χ2v) is 4.83. The molecule has 0 bridgehead atoms. The molecule has 1 aliphatic rings. The first-order valence-electron chi connectivity index (χ1n) is 6.37. The van der Waals surface area contributed by atoms with Crippen molar-refractivity contribution < 1.29 is 9.90 Å². The first kappa shape index (κ1) is 11.9. The number of rotatable bonds is 2. The van der Waals surface area contributed by atoms with E-state index in [1.807, 2.05) is 18.2 Å². The molecule has 3 rings (SSSR count). The number of carboxylic acid groups (broad SMARTS) is 1. The maximum atomic E-state index is 11.0. The average molecular weight is 253 g/mol. The first-order chi connectivity index (χ1) is 9.24. The molecule has 0 amide bonds. The lowest BCUT2D eigenvalue weighted by Crippen LogP contribution is -2.41. The molecule has 3 heteroatoms. The van der Waals surface area contributed by atoms with Gasteiger partial charge in [0.15, 0.2) is 0 Å². The van der Waals surface area contributed by atoms with Gasteiger partial charge in [-0.2, -0.15) is 0 Å². The third kappa shape index (κ3) is 2.37. The van der Waals surface area contributed by atoms with Gasteiger partial charge < -0.3 is 10.4 Å². The van der Waals surface area contributed by atoms with Gasteiger partial charge in [0.25, 0.3) is 0 Å². The zero-order chi connectivity index (χ0) is 13.2. The van der Waals surface area contributed by atoms with Crippen LogP contribution in [-0.4, -0.2) is 17.1 Å². The maximum Gasteiger partial charge on any atom is 0.321 e. The Labute approximate surface area is 111 Å². The Morgan fingerprint density at radius 3 is 2.58 bits per heavy atom. The molecule has 0 saturated carbocycles. The molecule has 1 unspecified atom stereocenters. The fraction of sp³-hybridized carbons (Fsp3) is 0.188. The fourth-order valence-electron chi connectivity index (χ4n) is 2.50. The Bertz CT molecular complexity index is 607. The second-order valence-electron chi connectivity index (χ2n) is 4.83. The van der Waals surface area contributed by atoms with Crippen LogP contribution in [0, 0.1) is 0 Å². The summed E-state index contributed by atoms with van der Waals surface area (Å²) in [5.41, 5.74) is 4.69. The SMILES string of the molecule is O=C(O)C1Cc2ccc(-c3ccccc3)cc2CN1. The summed E-state index contributed by atoms with van der Waals surface area (Å²) >= 11 is 0. The zero-order valence-electron chi connectivity index (χ0n) is 10.5. The Morgan fingerprint density at radius 2 is 1.84 bits per heavy atom. The summed E-state index contributed by atoms with van der Waals surface area (Å²) in [4.78, 5) is 11.0. The van der Waals surface area contributed by atoms with Crippen molar-refractivity contribution in [2.75, 3.05) is 0 Å². The van der Waals surface area contributed by atoms with Crippen LogP contribution in [0.4, 0.5) is 0 Å². The number of nitrogens with one attached hydrogen (secondary N) is 1. The highest BCUT2D eigenvalue weighted by Gasteiger charge is 2.23. The van der Waals surface area contributed by atoms with Crippen LogP contribution in [-0.2, 0) is 17.8 Å². The summed E-state index contributed by atoms with van der Waals surface area (Å²) < 4.78 is 0. The van der Waals surface area contributed by atoms with Gasteiger partial charge in [0.05, 0.1) is 0 Å². The molecule has 2 aromatic carbocycles. The Kier molecular flexibility index (Phi) is 3.05. The minimum Gasteiger partial charge on any atom is -0.480 e. The molecule has 96 valence electrons. The number of carbonyl (C=O) groups is 1. The third-order valence-corrected chi connectivity index (χ3v) is 3.57. The maximum absolute atomic E-state index is 11.0. The van der Waals surface area contributed by atoms with Gasteiger partial charge in [0, 0.05) is 6.54 Å². The summed E-state index contributed by atoms with van der Waals surface area (Å²) in [6.07, 6.45) is 0.555. The molecule has 1 heterocycles. The van der Waals surface area contributed by atoms with Crippen LogP contribution in [0.3, 0.4) is 0 Å². The lowest BCUT2D eigenvalue weighted by Gasteiger charge is -2.23. The molecule has 1 aliphatic heterocycles. The van der Waals surface area contributed by atoms with Crippen LogP contribution in [0.2, 0.25) is 0 Å². The van der Waals surface area contributed by atoms with Crippen molar-refractivity contribution in [3.63, 3.8) is 0 Å². The van der Waals surface area contributed by atoms with Gasteiger partial charge in [-0.1, -0.05) is 42.5 Å². The molecule has 0 radical (unpaired) electrons. The molecule has 0 spiro atoms. The van der Waals surface area contributed by atoms with Crippen LogP contribution in [0.15, 0.2) is 48.5 Å². The highest BCUT2D eigenvalue weighted by atomic mass is 16.4. The van der Waals surface area contributed by atoms with Crippen molar-refractivity contribution in [2.45, 2.75) is 19.0 Å². The highest BCUT2D eigenvalue weighted by Crippen LogP contribution is 2.25. The van der Waals surface area contributed by atoms with E-state index in [1.54, 1.807) is 0 Å². The van der Waals surface area contributed by atoms with Crippen molar-refractivity contribution in [3.05, 3.63) is 59.7 Å². The summed E-state index contributed by atoms with van der Waals surface area (Å²) in [6.45, 7) is 0.618. The third-order valence-electron chi connectivity index (χ3n) is 3.57. The van der Waals surface area contributed by atoms with Gasteiger partial charge in [-0.3, -0.25) is 4.79 Å². The average Bonchev–Trinajstić information content (AvgIpc) is 2.47. The number of hydrogen-bond donors (Lipinski definition) is 2. The summed E-state index contributed by atoms with van der Waals surface area (Å²) in [5, 5.41) is 12.1. The quantitative estimate of drug-likeness (QED) is 0.864. The Morgan fingerprint density at radius 1 is 1.05 bits per heavy atom. The van der Waals surface area contributed by atoms with E-state index in [0.29, 0.717) is 13.0 Å². The molecule has 0 saturated heterocycles. The predicted molar refractivity (Wildman–Crippen MR) is 73.8 cm³/mol. The molecular weight excluding hydrogens is 238 g/mol. The standard InChI is InChI=1S/C16H15NO2/c18-16(19)15-9-13-7-6-12(8-14(13)10-17-15)11-4-2-1-3-5-11/h1-8,15,17H,9-10H2,(H,18,19). The summed E-state index contributed by atoms with van der Waals surface area (Å²) in [5.74, 6) is -0.780. The number of hydrogen-bond acceptors (Lipinski definition) is 2. The van der Waals surface area contributed by atoms with Gasteiger partial charge in [-0.15, -0.1) is 0 Å². The van der Waals surface area contributed by atoms with Crippen molar-refractivity contribution in [2.24, 2.45) is 0 Å². The lowest BCUT2D eigenvalue weighted by molar-refractivity contribution is -0.139. The van der Waals surface area contributed by atoms with Crippen LogP contribution in [0.1, 0.15) is 11.1 Å². The number of benzene rings is 2. The van der Waals surface area contributed by atoms with Crippen LogP contribution in [0.5, 0.6) is 0 Å².